The van der Waals surface area contributed by atoms with Crippen molar-refractivity contribution in [3.05, 3.63) is 133 Å². The van der Waals surface area contributed by atoms with E-state index in [9.17, 15) is 0 Å². The van der Waals surface area contributed by atoms with Gasteiger partial charge in [0.25, 0.3) is 0 Å². The normalized spacial score (nSPS) is 12.1. The summed E-state index contributed by atoms with van der Waals surface area (Å²) in [6.45, 7) is 0. The van der Waals surface area contributed by atoms with Crippen LogP contribution in [0.25, 0.3) is 48.4 Å². The first-order valence-corrected chi connectivity index (χ1v) is 15.6. The van der Waals surface area contributed by atoms with Gasteiger partial charge in [0.05, 0.1) is 15.9 Å². The maximum absolute atomic E-state index is 15.1. The van der Waals surface area contributed by atoms with Crippen LogP contribution in [0.15, 0.2) is 133 Å². The predicted molar refractivity (Wildman–Crippen MR) is 168 cm³/mol. The molecule has 0 fully saturated rings. The molecule has 0 radical (unpaired) electrons. The van der Waals surface area contributed by atoms with Gasteiger partial charge in [0.1, 0.15) is 5.52 Å². The lowest BCUT2D eigenvalue weighted by Gasteiger charge is -2.20. The Morgan fingerprint density at radius 3 is 1.88 bits per heavy atom. The van der Waals surface area contributed by atoms with Crippen LogP contribution in [-0.4, -0.2) is 14.4 Å². The predicted octanol–water partition coefficient (Wildman–Crippen LogP) is 7.56. The van der Waals surface area contributed by atoms with E-state index < -0.39 is 7.14 Å². The van der Waals surface area contributed by atoms with E-state index in [1.807, 2.05) is 91.0 Å². The summed E-state index contributed by atoms with van der Waals surface area (Å²) < 4.78 is 18.3. The number of nitrogens with zero attached hydrogens (tertiary/aromatic N) is 3. The molecule has 0 amide bonds. The van der Waals surface area contributed by atoms with Gasteiger partial charge in [-0.2, -0.15) is 0 Å². The summed E-state index contributed by atoms with van der Waals surface area (Å²) in [5.74, 6) is 0. The SMILES string of the molecule is O=P(c1ccccc1)(c1ccccc1)c1ccc2sc3nc4c5ccccc5c(-c5ccccc5)nc4n3c2c1. The van der Waals surface area contributed by atoms with Gasteiger partial charge in [-0.15, -0.1) is 0 Å². The Hall–Kier alpha value is -4.57. The third kappa shape index (κ3) is 3.42. The molecule has 0 spiro atoms. The van der Waals surface area contributed by atoms with Gasteiger partial charge in [-0.05, 0) is 18.2 Å². The van der Waals surface area contributed by atoms with E-state index in [4.69, 9.17) is 9.97 Å². The van der Waals surface area contributed by atoms with Gasteiger partial charge in [0.15, 0.2) is 17.7 Å². The minimum absolute atomic E-state index is 0.794. The van der Waals surface area contributed by atoms with E-state index in [-0.39, 0.29) is 0 Å². The van der Waals surface area contributed by atoms with Crippen molar-refractivity contribution in [2.45, 2.75) is 0 Å². The molecule has 4 nitrogen and oxygen atoms in total. The van der Waals surface area contributed by atoms with E-state index in [1.165, 1.54) is 0 Å². The summed E-state index contributed by atoms with van der Waals surface area (Å²) in [5, 5.41) is 4.58. The van der Waals surface area contributed by atoms with Crippen LogP contribution in [0.2, 0.25) is 0 Å². The second kappa shape index (κ2) is 8.99. The Labute approximate surface area is 234 Å². The average molecular weight is 552 g/mol. The van der Waals surface area contributed by atoms with Crippen LogP contribution in [0.4, 0.5) is 0 Å². The van der Waals surface area contributed by atoms with Crippen LogP contribution in [0.5, 0.6) is 0 Å². The zero-order chi connectivity index (χ0) is 26.7. The van der Waals surface area contributed by atoms with E-state index in [2.05, 4.69) is 46.9 Å². The molecule has 3 heterocycles. The van der Waals surface area contributed by atoms with Crippen molar-refractivity contribution in [2.24, 2.45) is 0 Å². The standard InChI is InChI=1S/C34H22N3OPS/c38-39(24-14-6-2-7-15-24,25-16-8-3-9-17-25)26-20-21-30-29(22-26)37-33-32(36-34(37)40-30)28-19-11-10-18-27(28)31(35-33)23-12-4-1-5-13-23/h1-22H. The van der Waals surface area contributed by atoms with E-state index >= 15 is 4.57 Å². The van der Waals surface area contributed by atoms with E-state index in [0.29, 0.717) is 0 Å². The van der Waals surface area contributed by atoms with Crippen molar-refractivity contribution in [1.82, 2.24) is 14.4 Å². The Balaban J connectivity index is 1.45. The van der Waals surface area contributed by atoms with Crippen molar-refractivity contribution in [1.29, 1.82) is 0 Å². The molecule has 8 aromatic rings. The first-order chi connectivity index (χ1) is 19.7. The summed E-state index contributed by atoms with van der Waals surface area (Å²) in [6.07, 6.45) is 0. The second-order valence-electron chi connectivity index (χ2n) is 9.81. The van der Waals surface area contributed by atoms with Gasteiger partial charge < -0.3 is 4.57 Å². The highest BCUT2D eigenvalue weighted by atomic mass is 32.1. The monoisotopic (exact) mass is 551 g/mol. The summed E-state index contributed by atoms with van der Waals surface area (Å²) in [5.41, 5.74) is 4.65. The smallest absolute Gasteiger partial charge is 0.197 e. The number of hydrogen-bond acceptors (Lipinski definition) is 4. The summed E-state index contributed by atoms with van der Waals surface area (Å²) in [6, 6.07) is 44.4. The molecule has 6 heteroatoms. The molecular formula is C34H22N3OPS. The Morgan fingerprint density at radius 2 is 1.20 bits per heavy atom. The maximum atomic E-state index is 15.1. The van der Waals surface area contributed by atoms with Crippen LogP contribution >= 0.6 is 18.5 Å². The third-order valence-electron chi connectivity index (χ3n) is 7.51. The number of hydrogen-bond donors (Lipinski definition) is 0. The zero-order valence-corrected chi connectivity index (χ0v) is 23.0. The van der Waals surface area contributed by atoms with Gasteiger partial charge in [0.2, 0.25) is 0 Å². The van der Waals surface area contributed by atoms with Crippen LogP contribution in [0, 0.1) is 0 Å². The van der Waals surface area contributed by atoms with Crippen molar-refractivity contribution in [2.75, 3.05) is 0 Å². The van der Waals surface area contributed by atoms with Gasteiger partial charge >= 0.3 is 0 Å². The lowest BCUT2D eigenvalue weighted by molar-refractivity contribution is 0.592. The van der Waals surface area contributed by atoms with Crippen molar-refractivity contribution < 1.29 is 4.57 Å². The number of pyridine rings is 1. The van der Waals surface area contributed by atoms with Crippen molar-refractivity contribution in [3.63, 3.8) is 0 Å². The van der Waals surface area contributed by atoms with Gasteiger partial charge in [0, 0.05) is 32.2 Å². The quantitative estimate of drug-likeness (QED) is 0.212. The largest absolute Gasteiger partial charge is 0.309 e. The number of imidazole rings is 1. The summed E-state index contributed by atoms with van der Waals surface area (Å²) >= 11 is 1.63. The highest BCUT2D eigenvalue weighted by Crippen LogP contribution is 2.44. The minimum Gasteiger partial charge on any atom is -0.309 e. The fraction of sp³-hybridized carbons (Fsp3) is 0. The molecule has 8 rings (SSSR count). The third-order valence-corrected chi connectivity index (χ3v) is 11.6. The molecule has 0 aliphatic heterocycles. The number of rotatable bonds is 4. The number of thiazole rings is 1. The molecular weight excluding hydrogens is 529 g/mol. The van der Waals surface area contributed by atoms with E-state index in [1.54, 1.807) is 11.3 Å². The fourth-order valence-corrected chi connectivity index (χ4v) is 9.29. The molecule has 0 saturated heterocycles. The summed E-state index contributed by atoms with van der Waals surface area (Å²) in [7, 11) is -3.12. The van der Waals surface area contributed by atoms with Crippen LogP contribution in [-0.2, 0) is 4.57 Å². The average Bonchev–Trinajstić information content (AvgIpc) is 3.57. The molecule has 5 aromatic carbocycles. The van der Waals surface area contributed by atoms with Gasteiger partial charge in [-0.25, -0.2) is 9.97 Å². The molecule has 0 aliphatic carbocycles. The van der Waals surface area contributed by atoms with Crippen LogP contribution in [0.1, 0.15) is 0 Å². The molecule has 190 valence electrons. The first kappa shape index (κ1) is 23.3. The number of aromatic nitrogens is 3. The van der Waals surface area contributed by atoms with Crippen molar-refractivity contribution in [3.8, 4) is 11.3 Å². The van der Waals surface area contributed by atoms with Crippen molar-refractivity contribution >= 4 is 71.5 Å². The fourth-order valence-electron chi connectivity index (χ4n) is 5.62. The molecule has 3 aromatic heterocycles. The Kier molecular flexibility index (Phi) is 5.24. The molecule has 0 saturated carbocycles. The lowest BCUT2D eigenvalue weighted by Crippen LogP contribution is -2.24. The maximum Gasteiger partial charge on any atom is 0.197 e. The molecule has 0 unspecified atom stereocenters. The highest BCUT2D eigenvalue weighted by molar-refractivity contribution is 7.85. The van der Waals surface area contributed by atoms with Crippen LogP contribution < -0.4 is 15.9 Å². The zero-order valence-electron chi connectivity index (χ0n) is 21.3. The van der Waals surface area contributed by atoms with Gasteiger partial charge in [-0.1, -0.05) is 127 Å². The molecule has 0 atom stereocenters. The van der Waals surface area contributed by atoms with E-state index in [0.717, 1.165) is 64.3 Å². The topological polar surface area (TPSA) is 47.3 Å². The first-order valence-electron chi connectivity index (χ1n) is 13.1. The Morgan fingerprint density at radius 1 is 0.600 bits per heavy atom. The van der Waals surface area contributed by atoms with Crippen LogP contribution in [0.3, 0.4) is 0 Å². The molecule has 0 aliphatic rings. The molecule has 40 heavy (non-hydrogen) atoms. The Bertz CT molecular complexity index is 2200. The second-order valence-corrected chi connectivity index (χ2v) is 13.6. The van der Waals surface area contributed by atoms with Gasteiger partial charge in [-0.3, -0.25) is 4.40 Å². The number of benzene rings is 5. The number of fused-ring (bicyclic) bond motifs is 7. The lowest BCUT2D eigenvalue weighted by atomic mass is 10.0. The molecule has 0 N–H and O–H groups in total. The molecule has 0 bridgehead atoms. The highest BCUT2D eigenvalue weighted by Gasteiger charge is 2.30. The summed E-state index contributed by atoms with van der Waals surface area (Å²) in [4.78, 5) is 11.2. The minimum atomic E-state index is -3.12.